The molecule has 0 atom stereocenters. The van der Waals surface area contributed by atoms with E-state index < -0.39 is 29.3 Å². The molecule has 24 nitrogen and oxygen atoms in total. The Hall–Kier alpha value is -0.700. The molecule has 0 saturated carbocycles. The summed E-state index contributed by atoms with van der Waals surface area (Å²) >= 11 is 0. The molecule has 0 radical (unpaired) electrons. The highest BCUT2D eigenvalue weighted by Gasteiger charge is 1.93. The van der Waals surface area contributed by atoms with Crippen molar-refractivity contribution in [3.63, 3.8) is 0 Å². The fourth-order valence-corrected chi connectivity index (χ4v) is 0. The van der Waals surface area contributed by atoms with Crippen molar-refractivity contribution in [3.8, 4) is 0 Å². The SMILES string of the molecule is NCCN.NCCN.NCCN.NCCN.NCCN.NCCN.OB(O)O.OB(O)O.OB(O)O.OB(O)O. The van der Waals surface area contributed by atoms with Crippen molar-refractivity contribution >= 4 is 29.3 Å². The Bertz CT molecular complexity index is 210. The van der Waals surface area contributed by atoms with Crippen LogP contribution in [0.2, 0.25) is 0 Å². The molecule has 0 aromatic carbocycles. The van der Waals surface area contributed by atoms with E-state index in [1.54, 1.807) is 0 Å². The fourth-order valence-electron chi connectivity index (χ4n) is 0. The van der Waals surface area contributed by atoms with Crippen LogP contribution >= 0.6 is 0 Å². The van der Waals surface area contributed by atoms with Gasteiger partial charge in [-0.3, -0.25) is 0 Å². The van der Waals surface area contributed by atoms with Gasteiger partial charge in [0.25, 0.3) is 0 Å². The topological polar surface area (TPSA) is 555 Å². The zero-order valence-corrected chi connectivity index (χ0v) is 23.1. The van der Waals surface area contributed by atoms with Crippen LogP contribution in [0.3, 0.4) is 0 Å². The number of hydrogen-bond donors (Lipinski definition) is 24. The molecular weight excluding hydrogens is 547 g/mol. The van der Waals surface area contributed by atoms with E-state index >= 15 is 0 Å². The van der Waals surface area contributed by atoms with E-state index in [-0.39, 0.29) is 0 Å². The number of rotatable bonds is 6. The first kappa shape index (κ1) is 67.2. The Morgan fingerprint density at radius 3 is 0.225 bits per heavy atom. The number of nitrogens with two attached hydrogens (primary N) is 12. The molecule has 28 heteroatoms. The van der Waals surface area contributed by atoms with Gasteiger partial charge in [0.15, 0.2) is 0 Å². The highest BCUT2D eigenvalue weighted by atomic mass is 16.5. The Labute approximate surface area is 237 Å². The Morgan fingerprint density at radius 1 is 0.200 bits per heavy atom. The van der Waals surface area contributed by atoms with Crippen molar-refractivity contribution in [1.82, 2.24) is 0 Å². The predicted molar refractivity (Wildman–Crippen MR) is 158 cm³/mol. The van der Waals surface area contributed by atoms with Crippen LogP contribution in [-0.4, -0.2) is 168 Å². The molecule has 0 unspecified atom stereocenters. The second-order valence-corrected chi connectivity index (χ2v) is 4.85. The molecule has 0 heterocycles. The summed E-state index contributed by atoms with van der Waals surface area (Å²) in [6.07, 6.45) is 0. The van der Waals surface area contributed by atoms with Crippen LogP contribution in [0, 0.1) is 0 Å². The maximum atomic E-state index is 7.17. The Kier molecular flexibility index (Phi) is 165. The molecule has 0 aliphatic heterocycles. The lowest BCUT2D eigenvalue weighted by Gasteiger charge is -1.72. The highest BCUT2D eigenvalue weighted by Crippen LogP contribution is 1.41. The van der Waals surface area contributed by atoms with E-state index in [0.717, 1.165) is 0 Å². The number of hydrogen-bond acceptors (Lipinski definition) is 24. The first-order chi connectivity index (χ1) is 18.4. The summed E-state index contributed by atoms with van der Waals surface area (Å²) < 4.78 is 0. The van der Waals surface area contributed by atoms with Gasteiger partial charge in [-0.2, -0.15) is 0 Å². The summed E-state index contributed by atoms with van der Waals surface area (Å²) in [7, 11) is -8.67. The van der Waals surface area contributed by atoms with Crippen LogP contribution in [-0.2, 0) is 0 Å². The Morgan fingerprint density at radius 2 is 0.225 bits per heavy atom. The van der Waals surface area contributed by atoms with Gasteiger partial charge in [0.1, 0.15) is 0 Å². The molecule has 0 aromatic rings. The van der Waals surface area contributed by atoms with Gasteiger partial charge in [0, 0.05) is 78.5 Å². The Balaban J connectivity index is -0.0000000312. The summed E-state index contributed by atoms with van der Waals surface area (Å²) in [4.78, 5) is 0. The van der Waals surface area contributed by atoms with E-state index in [1.165, 1.54) is 0 Å². The van der Waals surface area contributed by atoms with Crippen LogP contribution in [0.15, 0.2) is 0 Å². The third kappa shape index (κ3) is 1750. The molecule has 36 N–H and O–H groups in total. The third-order valence-corrected chi connectivity index (χ3v) is 1.00. The van der Waals surface area contributed by atoms with Crippen molar-refractivity contribution < 1.29 is 60.3 Å². The van der Waals surface area contributed by atoms with Gasteiger partial charge in [0.2, 0.25) is 0 Å². The minimum atomic E-state index is -2.17. The second kappa shape index (κ2) is 98.2. The fraction of sp³-hybridized carbons (Fsp3) is 1.00. The van der Waals surface area contributed by atoms with Gasteiger partial charge in [0.05, 0.1) is 0 Å². The van der Waals surface area contributed by atoms with Crippen LogP contribution in [0.25, 0.3) is 0 Å². The minimum Gasteiger partial charge on any atom is -0.402 e. The second-order valence-electron chi connectivity index (χ2n) is 4.85. The first-order valence-corrected chi connectivity index (χ1v) is 11.0. The summed E-state index contributed by atoms with van der Waals surface area (Å²) in [6.45, 7) is 7.17. The van der Waals surface area contributed by atoms with Gasteiger partial charge >= 0.3 is 29.3 Å². The predicted octanol–water partition coefficient (Wildman–Crippen LogP) is -14.8. The lowest BCUT2D eigenvalue weighted by atomic mass is 10.3. The minimum absolute atomic E-state index is 0.597. The normalized spacial score (nSPS) is 7.20. The van der Waals surface area contributed by atoms with Gasteiger partial charge in [-0.1, -0.05) is 0 Å². The maximum Gasteiger partial charge on any atom is 0.631 e. The highest BCUT2D eigenvalue weighted by molar-refractivity contribution is 6.31. The molecule has 0 aliphatic rings. The van der Waals surface area contributed by atoms with Crippen LogP contribution in [0.5, 0.6) is 0 Å². The largest absolute Gasteiger partial charge is 0.631 e. The van der Waals surface area contributed by atoms with Gasteiger partial charge in [-0.15, -0.1) is 0 Å². The lowest BCUT2D eigenvalue weighted by molar-refractivity contribution is 0.276. The van der Waals surface area contributed by atoms with Crippen LogP contribution < -0.4 is 68.8 Å². The maximum absolute atomic E-state index is 7.17. The molecule has 0 spiro atoms. The summed E-state index contributed by atoms with van der Waals surface area (Å²) in [5, 5.41) is 86.0. The molecule has 0 bridgehead atoms. The third-order valence-electron chi connectivity index (χ3n) is 1.00. The van der Waals surface area contributed by atoms with Crippen LogP contribution in [0.4, 0.5) is 0 Å². The summed E-state index contributed by atoms with van der Waals surface area (Å²) in [5.41, 5.74) is 58.8. The first-order valence-electron chi connectivity index (χ1n) is 11.0. The average molecular weight is 608 g/mol. The van der Waals surface area contributed by atoms with Crippen molar-refractivity contribution in [1.29, 1.82) is 0 Å². The van der Waals surface area contributed by atoms with Crippen LogP contribution in [0.1, 0.15) is 0 Å². The van der Waals surface area contributed by atoms with Gasteiger partial charge < -0.3 is 129 Å². The zero-order chi connectivity index (χ0) is 34.8. The van der Waals surface area contributed by atoms with E-state index in [1.807, 2.05) is 0 Å². The van der Waals surface area contributed by atoms with Crippen molar-refractivity contribution in [2.75, 3.05) is 78.5 Å². The molecule has 0 aromatic heterocycles. The summed E-state index contributed by atoms with van der Waals surface area (Å²) in [5.74, 6) is 0. The molecular formula is C12H60B4N12O12. The monoisotopic (exact) mass is 608 g/mol. The average Bonchev–Trinajstić information content (AvgIpc) is 2.87. The van der Waals surface area contributed by atoms with Gasteiger partial charge in [-0.05, 0) is 0 Å². The zero-order valence-electron chi connectivity index (χ0n) is 23.1. The molecule has 0 aliphatic carbocycles. The van der Waals surface area contributed by atoms with E-state index in [4.69, 9.17) is 129 Å². The lowest BCUT2D eigenvalue weighted by Crippen LogP contribution is -2.11. The van der Waals surface area contributed by atoms with E-state index in [2.05, 4.69) is 0 Å². The van der Waals surface area contributed by atoms with Crippen molar-refractivity contribution in [2.45, 2.75) is 0 Å². The quantitative estimate of drug-likeness (QED) is 0.124. The molecule has 0 saturated heterocycles. The smallest absolute Gasteiger partial charge is 0.402 e. The molecule has 0 fully saturated rings. The summed E-state index contributed by atoms with van der Waals surface area (Å²) in [6, 6.07) is 0. The molecule has 0 rings (SSSR count). The van der Waals surface area contributed by atoms with E-state index in [0.29, 0.717) is 78.5 Å². The van der Waals surface area contributed by atoms with Crippen molar-refractivity contribution in [2.24, 2.45) is 68.8 Å². The van der Waals surface area contributed by atoms with E-state index in [9.17, 15) is 0 Å². The molecule has 252 valence electrons. The van der Waals surface area contributed by atoms with Gasteiger partial charge in [-0.25, -0.2) is 0 Å². The standard InChI is InChI=1S/6C2H8N2.4BH3O3/c6*3-1-2-4;4*2-1(3)4/h6*1-4H2;4*2-4H. The molecule has 0 amide bonds. The van der Waals surface area contributed by atoms with Crippen molar-refractivity contribution in [3.05, 3.63) is 0 Å². The molecule has 40 heavy (non-hydrogen) atoms.